The third-order valence-electron chi connectivity index (χ3n) is 3.62. The van der Waals surface area contributed by atoms with Gasteiger partial charge >= 0.3 is 0 Å². The second-order valence-corrected chi connectivity index (χ2v) is 5.07. The highest BCUT2D eigenvalue weighted by Crippen LogP contribution is 2.20. The fourth-order valence-corrected chi connectivity index (χ4v) is 2.50. The van der Waals surface area contributed by atoms with E-state index in [1.54, 1.807) is 0 Å². The molecule has 0 aromatic heterocycles. The summed E-state index contributed by atoms with van der Waals surface area (Å²) in [6.07, 6.45) is 5.12. The van der Waals surface area contributed by atoms with Crippen molar-refractivity contribution in [1.82, 2.24) is 4.90 Å². The standard InChI is InChI=1S/C15H24N2O/c1-2-3-10-17-11-4-5-14(17)12-18-15-8-6-13(16)7-9-15/h6-9,14H,2-5,10-12,16H2,1H3. The minimum Gasteiger partial charge on any atom is -0.492 e. The maximum atomic E-state index is 5.86. The zero-order valence-corrected chi connectivity index (χ0v) is 11.3. The van der Waals surface area contributed by atoms with E-state index in [4.69, 9.17) is 10.5 Å². The average molecular weight is 248 g/mol. The number of nitrogens with zero attached hydrogens (tertiary/aromatic N) is 1. The minimum atomic E-state index is 0.592. The lowest BCUT2D eigenvalue weighted by Gasteiger charge is -2.24. The van der Waals surface area contributed by atoms with Crippen molar-refractivity contribution in [3.63, 3.8) is 0 Å². The summed E-state index contributed by atoms with van der Waals surface area (Å²) >= 11 is 0. The van der Waals surface area contributed by atoms with Crippen LogP contribution in [0.3, 0.4) is 0 Å². The molecule has 1 aromatic rings. The Labute approximate surface area is 110 Å². The number of benzene rings is 1. The van der Waals surface area contributed by atoms with Crippen LogP contribution in [0.2, 0.25) is 0 Å². The lowest BCUT2D eigenvalue weighted by Crippen LogP contribution is -2.34. The average Bonchev–Trinajstić information content (AvgIpc) is 2.83. The van der Waals surface area contributed by atoms with Crippen molar-refractivity contribution >= 4 is 5.69 Å². The number of unbranched alkanes of at least 4 members (excludes halogenated alkanes) is 1. The van der Waals surface area contributed by atoms with Gasteiger partial charge in [0.05, 0.1) is 0 Å². The Hall–Kier alpha value is -1.22. The van der Waals surface area contributed by atoms with Crippen LogP contribution in [0.1, 0.15) is 32.6 Å². The van der Waals surface area contributed by atoms with Crippen LogP contribution in [0.4, 0.5) is 5.69 Å². The summed E-state index contributed by atoms with van der Waals surface area (Å²) in [5.41, 5.74) is 6.44. The molecule has 1 unspecified atom stereocenters. The number of nitrogen functional groups attached to an aromatic ring is 1. The van der Waals surface area contributed by atoms with Gasteiger partial charge in [0.2, 0.25) is 0 Å². The van der Waals surface area contributed by atoms with Gasteiger partial charge in [-0.1, -0.05) is 13.3 Å². The summed E-state index contributed by atoms with van der Waals surface area (Å²) in [6, 6.07) is 8.26. The Bertz CT molecular complexity index is 350. The van der Waals surface area contributed by atoms with Crippen molar-refractivity contribution in [1.29, 1.82) is 0 Å². The minimum absolute atomic E-state index is 0.592. The molecular formula is C15H24N2O. The highest BCUT2D eigenvalue weighted by atomic mass is 16.5. The Balaban J connectivity index is 1.79. The van der Waals surface area contributed by atoms with Crippen molar-refractivity contribution < 1.29 is 4.74 Å². The molecule has 1 aromatic carbocycles. The van der Waals surface area contributed by atoms with Crippen molar-refractivity contribution in [3.05, 3.63) is 24.3 Å². The Morgan fingerprint density at radius 1 is 1.33 bits per heavy atom. The van der Waals surface area contributed by atoms with Crippen LogP contribution < -0.4 is 10.5 Å². The number of likely N-dealkylation sites (tertiary alicyclic amines) is 1. The second-order valence-electron chi connectivity index (χ2n) is 5.07. The predicted octanol–water partition coefficient (Wildman–Crippen LogP) is 2.91. The fraction of sp³-hybridized carbons (Fsp3) is 0.600. The van der Waals surface area contributed by atoms with Crippen LogP contribution in [-0.2, 0) is 0 Å². The predicted molar refractivity (Wildman–Crippen MR) is 75.9 cm³/mol. The Kier molecular flexibility index (Phi) is 4.88. The smallest absolute Gasteiger partial charge is 0.119 e. The van der Waals surface area contributed by atoms with Gasteiger partial charge in [-0.05, 0) is 56.6 Å². The Morgan fingerprint density at radius 2 is 2.11 bits per heavy atom. The zero-order valence-electron chi connectivity index (χ0n) is 11.3. The molecule has 1 aliphatic heterocycles. The normalized spacial score (nSPS) is 20.2. The van der Waals surface area contributed by atoms with Gasteiger partial charge in [-0.3, -0.25) is 4.90 Å². The molecule has 1 atom stereocenters. The summed E-state index contributed by atoms with van der Waals surface area (Å²) in [4.78, 5) is 2.57. The quantitative estimate of drug-likeness (QED) is 0.787. The fourth-order valence-electron chi connectivity index (χ4n) is 2.50. The topological polar surface area (TPSA) is 38.5 Å². The van der Waals surface area contributed by atoms with Crippen molar-refractivity contribution in [3.8, 4) is 5.75 Å². The van der Waals surface area contributed by atoms with Crippen molar-refractivity contribution in [2.24, 2.45) is 0 Å². The molecule has 1 fully saturated rings. The number of nitrogens with two attached hydrogens (primary N) is 1. The molecule has 2 rings (SSSR count). The van der Waals surface area contributed by atoms with Gasteiger partial charge in [-0.2, -0.15) is 0 Å². The van der Waals surface area contributed by atoms with Gasteiger partial charge in [0.15, 0.2) is 0 Å². The lowest BCUT2D eigenvalue weighted by molar-refractivity contribution is 0.171. The third kappa shape index (κ3) is 3.64. The first-order chi connectivity index (χ1) is 8.79. The summed E-state index contributed by atoms with van der Waals surface area (Å²) < 4.78 is 5.86. The van der Waals surface area contributed by atoms with Crippen LogP contribution in [0.5, 0.6) is 5.75 Å². The molecular weight excluding hydrogens is 224 g/mol. The van der Waals surface area contributed by atoms with Crippen LogP contribution in [0.15, 0.2) is 24.3 Å². The van der Waals surface area contributed by atoms with Gasteiger partial charge in [0.25, 0.3) is 0 Å². The Morgan fingerprint density at radius 3 is 2.83 bits per heavy atom. The van der Waals surface area contributed by atoms with Crippen molar-refractivity contribution in [2.75, 3.05) is 25.4 Å². The highest BCUT2D eigenvalue weighted by molar-refractivity contribution is 5.41. The number of hydrogen-bond acceptors (Lipinski definition) is 3. The van der Waals surface area contributed by atoms with Gasteiger partial charge in [0.1, 0.15) is 12.4 Å². The summed E-state index contributed by atoms with van der Waals surface area (Å²) in [6.45, 7) is 5.49. The second kappa shape index (κ2) is 6.64. The van der Waals surface area contributed by atoms with Gasteiger partial charge in [-0.15, -0.1) is 0 Å². The number of ether oxygens (including phenoxy) is 1. The SMILES string of the molecule is CCCCN1CCCC1COc1ccc(N)cc1. The zero-order chi connectivity index (χ0) is 12.8. The highest BCUT2D eigenvalue weighted by Gasteiger charge is 2.24. The van der Waals surface area contributed by atoms with E-state index in [0.717, 1.165) is 18.0 Å². The van der Waals surface area contributed by atoms with Crippen LogP contribution in [0.25, 0.3) is 0 Å². The summed E-state index contributed by atoms with van der Waals surface area (Å²) in [7, 11) is 0. The maximum Gasteiger partial charge on any atom is 0.119 e. The maximum absolute atomic E-state index is 5.86. The largest absolute Gasteiger partial charge is 0.492 e. The molecule has 1 saturated heterocycles. The molecule has 3 nitrogen and oxygen atoms in total. The van der Waals surface area contributed by atoms with E-state index in [0.29, 0.717) is 6.04 Å². The van der Waals surface area contributed by atoms with E-state index in [-0.39, 0.29) is 0 Å². The molecule has 0 radical (unpaired) electrons. The van der Waals surface area contributed by atoms with Crippen LogP contribution in [-0.4, -0.2) is 30.6 Å². The molecule has 0 bridgehead atoms. The molecule has 0 aliphatic carbocycles. The third-order valence-corrected chi connectivity index (χ3v) is 3.62. The van der Waals surface area contributed by atoms with Gasteiger partial charge < -0.3 is 10.5 Å². The van der Waals surface area contributed by atoms with Crippen molar-refractivity contribution in [2.45, 2.75) is 38.6 Å². The van der Waals surface area contributed by atoms with E-state index in [2.05, 4.69) is 11.8 Å². The van der Waals surface area contributed by atoms with E-state index >= 15 is 0 Å². The van der Waals surface area contributed by atoms with Gasteiger partial charge in [-0.25, -0.2) is 0 Å². The lowest BCUT2D eigenvalue weighted by atomic mass is 10.2. The van der Waals surface area contributed by atoms with Crippen LogP contribution in [0, 0.1) is 0 Å². The van der Waals surface area contributed by atoms with E-state index in [1.807, 2.05) is 24.3 Å². The molecule has 3 heteroatoms. The first-order valence-electron chi connectivity index (χ1n) is 7.02. The number of anilines is 1. The molecule has 0 spiro atoms. The monoisotopic (exact) mass is 248 g/mol. The van der Waals surface area contributed by atoms with E-state index < -0.39 is 0 Å². The summed E-state index contributed by atoms with van der Waals surface area (Å²) in [5, 5.41) is 0. The first-order valence-corrected chi connectivity index (χ1v) is 7.02. The van der Waals surface area contributed by atoms with E-state index in [1.165, 1.54) is 38.8 Å². The number of hydrogen-bond donors (Lipinski definition) is 1. The molecule has 0 saturated carbocycles. The number of rotatable bonds is 6. The molecule has 100 valence electrons. The molecule has 2 N–H and O–H groups in total. The molecule has 18 heavy (non-hydrogen) atoms. The molecule has 0 amide bonds. The molecule has 1 heterocycles. The first kappa shape index (κ1) is 13.2. The summed E-state index contributed by atoms with van der Waals surface area (Å²) in [5.74, 6) is 0.923. The van der Waals surface area contributed by atoms with Crippen LogP contribution >= 0.6 is 0 Å². The van der Waals surface area contributed by atoms with E-state index in [9.17, 15) is 0 Å². The van der Waals surface area contributed by atoms with Gasteiger partial charge in [0, 0.05) is 11.7 Å². The molecule has 1 aliphatic rings.